The molecule has 3 nitrogen and oxygen atoms in total. The topological polar surface area (TPSA) is 41.5 Å². The van der Waals surface area contributed by atoms with Gasteiger partial charge in [-0.1, -0.05) is 6.07 Å². The lowest BCUT2D eigenvalue weighted by Gasteiger charge is -2.12. The summed E-state index contributed by atoms with van der Waals surface area (Å²) >= 11 is 0. The van der Waals surface area contributed by atoms with Gasteiger partial charge in [0.1, 0.15) is 11.6 Å². The van der Waals surface area contributed by atoms with Gasteiger partial charge in [0.25, 0.3) is 0 Å². The predicted octanol–water partition coefficient (Wildman–Crippen LogP) is 1.74. The molecule has 0 amide bonds. The summed E-state index contributed by atoms with van der Waals surface area (Å²) in [5, 5.41) is 8.96. The molecule has 0 aromatic heterocycles. The van der Waals surface area contributed by atoms with Crippen molar-refractivity contribution in [3.8, 4) is 5.75 Å². The highest BCUT2D eigenvalue weighted by Crippen LogP contribution is 2.20. The molecule has 0 aliphatic rings. The first kappa shape index (κ1) is 9.95. The van der Waals surface area contributed by atoms with E-state index in [2.05, 4.69) is 10.3 Å². The normalized spacial score (nSPS) is 12.8. The Morgan fingerprint density at radius 2 is 2.23 bits per heavy atom. The van der Waals surface area contributed by atoms with Crippen LogP contribution in [0.5, 0.6) is 5.75 Å². The predicted molar refractivity (Wildman–Crippen MR) is 46.6 cm³/mol. The molecule has 0 spiro atoms. The van der Waals surface area contributed by atoms with E-state index in [4.69, 9.17) is 5.11 Å². The summed E-state index contributed by atoms with van der Waals surface area (Å²) in [5.41, 5.74) is 3.06. The number of hydroxylamine groups is 1. The number of halogens is 1. The first-order chi connectivity index (χ1) is 6.15. The van der Waals surface area contributed by atoms with Gasteiger partial charge in [-0.25, -0.2) is 4.39 Å². The summed E-state index contributed by atoms with van der Waals surface area (Å²) in [6, 6.07) is 3.78. The lowest BCUT2D eigenvalue weighted by molar-refractivity contribution is 0.0648. The number of hydrogen-bond acceptors (Lipinski definition) is 3. The zero-order valence-electron chi connectivity index (χ0n) is 7.54. The Hall–Kier alpha value is -1.13. The van der Waals surface area contributed by atoms with Crippen LogP contribution >= 0.6 is 0 Å². The molecule has 2 N–H and O–H groups in total. The molecule has 0 saturated heterocycles. The van der Waals surface area contributed by atoms with E-state index in [1.165, 1.54) is 19.2 Å². The molecule has 1 atom stereocenters. The SMILES string of the molecule is CONC(C)c1ccc(O)cc1F. The molecule has 0 saturated carbocycles. The van der Waals surface area contributed by atoms with E-state index in [1.54, 1.807) is 6.92 Å². The average Bonchev–Trinajstić information content (AvgIpc) is 2.04. The fraction of sp³-hybridized carbons (Fsp3) is 0.333. The van der Waals surface area contributed by atoms with Crippen molar-refractivity contribution in [1.29, 1.82) is 0 Å². The van der Waals surface area contributed by atoms with E-state index in [0.29, 0.717) is 5.56 Å². The van der Waals surface area contributed by atoms with E-state index < -0.39 is 5.82 Å². The zero-order valence-corrected chi connectivity index (χ0v) is 7.54. The minimum absolute atomic E-state index is 0.0779. The van der Waals surface area contributed by atoms with Gasteiger partial charge in [0, 0.05) is 11.6 Å². The summed E-state index contributed by atoms with van der Waals surface area (Å²) < 4.78 is 13.2. The Balaban J connectivity index is 2.88. The van der Waals surface area contributed by atoms with Crippen LogP contribution in [0.4, 0.5) is 4.39 Å². The van der Waals surface area contributed by atoms with Crippen LogP contribution in [0.2, 0.25) is 0 Å². The van der Waals surface area contributed by atoms with Crippen molar-refractivity contribution in [3.63, 3.8) is 0 Å². The van der Waals surface area contributed by atoms with Crippen LogP contribution in [0.15, 0.2) is 18.2 Å². The summed E-state index contributed by atoms with van der Waals surface area (Å²) in [7, 11) is 1.47. The number of aromatic hydroxyl groups is 1. The van der Waals surface area contributed by atoms with Gasteiger partial charge in [-0.3, -0.25) is 0 Å². The van der Waals surface area contributed by atoms with E-state index >= 15 is 0 Å². The van der Waals surface area contributed by atoms with Crippen LogP contribution < -0.4 is 5.48 Å². The maximum Gasteiger partial charge on any atom is 0.131 e. The molecule has 0 bridgehead atoms. The standard InChI is InChI=1S/C9H12FNO2/c1-6(11-13-2)8-4-3-7(12)5-9(8)10/h3-6,11-12H,1-2H3. The van der Waals surface area contributed by atoms with Crippen LogP contribution in [-0.4, -0.2) is 12.2 Å². The lowest BCUT2D eigenvalue weighted by Crippen LogP contribution is -2.17. The average molecular weight is 185 g/mol. The molecule has 1 unspecified atom stereocenters. The molecule has 1 aromatic carbocycles. The number of rotatable bonds is 3. The molecule has 4 heteroatoms. The summed E-state index contributed by atoms with van der Waals surface area (Å²) in [5.74, 6) is -0.525. The number of phenols is 1. The molecule has 0 aliphatic heterocycles. The molecule has 1 aromatic rings. The second kappa shape index (κ2) is 4.20. The van der Waals surface area contributed by atoms with Gasteiger partial charge < -0.3 is 9.94 Å². The Morgan fingerprint density at radius 3 is 2.77 bits per heavy atom. The fourth-order valence-corrected chi connectivity index (χ4v) is 1.11. The van der Waals surface area contributed by atoms with Crippen molar-refractivity contribution in [1.82, 2.24) is 5.48 Å². The van der Waals surface area contributed by atoms with E-state index in [0.717, 1.165) is 6.07 Å². The highest BCUT2D eigenvalue weighted by molar-refractivity contribution is 5.29. The summed E-state index contributed by atoms with van der Waals surface area (Å²) in [6.45, 7) is 1.76. The van der Waals surface area contributed by atoms with Crippen LogP contribution in [-0.2, 0) is 4.84 Å². The molecule has 72 valence electrons. The van der Waals surface area contributed by atoms with Crippen LogP contribution in [0.25, 0.3) is 0 Å². The van der Waals surface area contributed by atoms with Crippen molar-refractivity contribution in [2.24, 2.45) is 0 Å². The largest absolute Gasteiger partial charge is 0.508 e. The van der Waals surface area contributed by atoms with Crippen molar-refractivity contribution in [3.05, 3.63) is 29.6 Å². The van der Waals surface area contributed by atoms with Crippen molar-refractivity contribution in [2.45, 2.75) is 13.0 Å². The third-order valence-electron chi connectivity index (χ3n) is 1.75. The van der Waals surface area contributed by atoms with Gasteiger partial charge in [-0.15, -0.1) is 0 Å². The molecular weight excluding hydrogens is 173 g/mol. The van der Waals surface area contributed by atoms with Crippen molar-refractivity contribution in [2.75, 3.05) is 7.11 Å². The summed E-state index contributed by atoms with van der Waals surface area (Å²) in [4.78, 5) is 4.66. The van der Waals surface area contributed by atoms with Gasteiger partial charge in [0.2, 0.25) is 0 Å². The van der Waals surface area contributed by atoms with Gasteiger partial charge in [-0.2, -0.15) is 5.48 Å². The monoisotopic (exact) mass is 185 g/mol. The molecule has 13 heavy (non-hydrogen) atoms. The van der Waals surface area contributed by atoms with Crippen LogP contribution in [0.3, 0.4) is 0 Å². The number of nitrogens with one attached hydrogen (secondary N) is 1. The molecule has 0 heterocycles. The second-order valence-corrected chi connectivity index (χ2v) is 2.75. The van der Waals surface area contributed by atoms with Gasteiger partial charge in [-0.05, 0) is 13.0 Å². The van der Waals surface area contributed by atoms with Crippen LogP contribution in [0.1, 0.15) is 18.5 Å². The first-order valence-electron chi connectivity index (χ1n) is 3.92. The van der Waals surface area contributed by atoms with E-state index in [-0.39, 0.29) is 11.8 Å². The molecule has 1 rings (SSSR count). The molecular formula is C9H12FNO2. The Labute approximate surface area is 76.1 Å². The molecule has 0 radical (unpaired) electrons. The maximum absolute atomic E-state index is 13.2. The highest BCUT2D eigenvalue weighted by Gasteiger charge is 2.10. The second-order valence-electron chi connectivity index (χ2n) is 2.75. The van der Waals surface area contributed by atoms with Crippen molar-refractivity contribution >= 4 is 0 Å². The van der Waals surface area contributed by atoms with Crippen molar-refractivity contribution < 1.29 is 14.3 Å². The summed E-state index contributed by atoms with van der Waals surface area (Å²) in [6.07, 6.45) is 0. The van der Waals surface area contributed by atoms with Gasteiger partial charge in [0.05, 0.1) is 13.2 Å². The van der Waals surface area contributed by atoms with E-state index in [9.17, 15) is 4.39 Å². The van der Waals surface area contributed by atoms with Gasteiger partial charge >= 0.3 is 0 Å². The number of phenolic OH excluding ortho intramolecular Hbond substituents is 1. The Bertz CT molecular complexity index is 291. The number of hydrogen-bond donors (Lipinski definition) is 2. The number of benzene rings is 1. The lowest BCUT2D eigenvalue weighted by atomic mass is 10.1. The Kier molecular flexibility index (Phi) is 3.22. The maximum atomic E-state index is 13.2. The zero-order chi connectivity index (χ0) is 9.84. The van der Waals surface area contributed by atoms with E-state index in [1.807, 2.05) is 0 Å². The first-order valence-corrected chi connectivity index (χ1v) is 3.92. The smallest absolute Gasteiger partial charge is 0.131 e. The third kappa shape index (κ3) is 2.40. The molecule has 0 fully saturated rings. The van der Waals surface area contributed by atoms with Crippen LogP contribution in [0, 0.1) is 5.82 Å². The third-order valence-corrected chi connectivity index (χ3v) is 1.75. The minimum Gasteiger partial charge on any atom is -0.508 e. The minimum atomic E-state index is -0.447. The van der Waals surface area contributed by atoms with Gasteiger partial charge in [0.15, 0.2) is 0 Å². The Morgan fingerprint density at radius 1 is 1.54 bits per heavy atom. The quantitative estimate of drug-likeness (QED) is 0.705. The fourth-order valence-electron chi connectivity index (χ4n) is 1.11. The molecule has 0 aliphatic carbocycles. The highest BCUT2D eigenvalue weighted by atomic mass is 19.1.